The Bertz CT molecular complexity index is 754. The van der Waals surface area contributed by atoms with Crippen LogP contribution in [-0.4, -0.2) is 19.5 Å². The molecule has 0 fully saturated rings. The standard InChI is InChI=1S/C15H15NO4S/c1-11-13(15(17)18)8-5-9-14(11)21(19,20)16-10-12-6-3-2-4-7-12/h2-9,16H,10H2,1H3,(H,17,18). The summed E-state index contributed by atoms with van der Waals surface area (Å²) in [7, 11) is -3.76. The second-order valence-electron chi connectivity index (χ2n) is 4.54. The van der Waals surface area contributed by atoms with Gasteiger partial charge in [0, 0.05) is 6.54 Å². The normalized spacial score (nSPS) is 11.3. The summed E-state index contributed by atoms with van der Waals surface area (Å²) in [6.07, 6.45) is 0. The van der Waals surface area contributed by atoms with Crippen molar-refractivity contribution in [2.45, 2.75) is 18.4 Å². The first-order chi connectivity index (χ1) is 9.92. The van der Waals surface area contributed by atoms with E-state index in [1.54, 1.807) is 0 Å². The topological polar surface area (TPSA) is 83.5 Å². The minimum Gasteiger partial charge on any atom is -0.478 e. The fraction of sp³-hybridized carbons (Fsp3) is 0.133. The van der Waals surface area contributed by atoms with Gasteiger partial charge < -0.3 is 5.11 Å². The predicted octanol–water partition coefficient (Wildman–Crippen LogP) is 2.17. The first-order valence-corrected chi connectivity index (χ1v) is 7.76. The highest BCUT2D eigenvalue weighted by atomic mass is 32.2. The lowest BCUT2D eigenvalue weighted by Gasteiger charge is -2.11. The number of aromatic carboxylic acids is 1. The quantitative estimate of drug-likeness (QED) is 0.887. The van der Waals surface area contributed by atoms with E-state index in [0.29, 0.717) is 0 Å². The van der Waals surface area contributed by atoms with E-state index in [2.05, 4.69) is 4.72 Å². The summed E-state index contributed by atoms with van der Waals surface area (Å²) in [5.74, 6) is -1.15. The van der Waals surface area contributed by atoms with Crippen molar-refractivity contribution in [3.63, 3.8) is 0 Å². The average molecular weight is 305 g/mol. The third-order valence-corrected chi connectivity index (χ3v) is 4.66. The van der Waals surface area contributed by atoms with Crippen molar-refractivity contribution in [2.24, 2.45) is 0 Å². The zero-order valence-electron chi connectivity index (χ0n) is 11.4. The smallest absolute Gasteiger partial charge is 0.335 e. The van der Waals surface area contributed by atoms with Crippen LogP contribution in [0.4, 0.5) is 0 Å². The molecule has 6 heteroatoms. The first-order valence-electron chi connectivity index (χ1n) is 6.28. The lowest BCUT2D eigenvalue weighted by molar-refractivity contribution is 0.0696. The van der Waals surface area contributed by atoms with Crippen molar-refractivity contribution < 1.29 is 18.3 Å². The van der Waals surface area contributed by atoms with Crippen LogP contribution in [0.3, 0.4) is 0 Å². The number of carbonyl (C=O) groups is 1. The molecule has 0 aromatic heterocycles. The summed E-state index contributed by atoms with van der Waals surface area (Å²) < 4.78 is 27.1. The average Bonchev–Trinajstić information content (AvgIpc) is 2.46. The molecule has 2 N–H and O–H groups in total. The van der Waals surface area contributed by atoms with Gasteiger partial charge in [-0.3, -0.25) is 0 Å². The van der Waals surface area contributed by atoms with Gasteiger partial charge in [-0.05, 0) is 30.2 Å². The second kappa shape index (κ2) is 6.07. The van der Waals surface area contributed by atoms with E-state index in [1.807, 2.05) is 30.3 Å². The van der Waals surface area contributed by atoms with E-state index in [9.17, 15) is 13.2 Å². The molecule has 0 aliphatic rings. The molecular weight excluding hydrogens is 290 g/mol. The summed E-state index contributed by atoms with van der Waals surface area (Å²) in [6.45, 7) is 1.64. The maximum absolute atomic E-state index is 12.3. The Kier molecular flexibility index (Phi) is 4.40. The molecule has 0 atom stereocenters. The summed E-state index contributed by atoms with van der Waals surface area (Å²) in [5.41, 5.74) is 1.04. The van der Waals surface area contributed by atoms with Crippen molar-refractivity contribution >= 4 is 16.0 Å². The van der Waals surface area contributed by atoms with Crippen LogP contribution in [0.25, 0.3) is 0 Å². The van der Waals surface area contributed by atoms with E-state index in [4.69, 9.17) is 5.11 Å². The number of rotatable bonds is 5. The third-order valence-electron chi connectivity index (χ3n) is 3.11. The molecule has 2 aromatic rings. The van der Waals surface area contributed by atoms with Crippen LogP contribution in [0, 0.1) is 6.92 Å². The maximum Gasteiger partial charge on any atom is 0.335 e. The minimum absolute atomic E-state index is 0.0154. The number of carboxylic acid groups (broad SMARTS) is 1. The second-order valence-corrected chi connectivity index (χ2v) is 6.28. The van der Waals surface area contributed by atoms with Crippen LogP contribution in [0.15, 0.2) is 53.4 Å². The Labute approximate surface area is 123 Å². The summed E-state index contributed by atoms with van der Waals surface area (Å²) >= 11 is 0. The zero-order valence-corrected chi connectivity index (χ0v) is 12.2. The Hall–Kier alpha value is -2.18. The summed E-state index contributed by atoms with van der Waals surface area (Å²) in [4.78, 5) is 11.0. The van der Waals surface area contributed by atoms with Crippen molar-refractivity contribution in [3.8, 4) is 0 Å². The highest BCUT2D eigenvalue weighted by molar-refractivity contribution is 7.89. The van der Waals surface area contributed by atoms with Gasteiger partial charge in [-0.15, -0.1) is 0 Å². The van der Waals surface area contributed by atoms with Crippen LogP contribution in [-0.2, 0) is 16.6 Å². The van der Waals surface area contributed by atoms with Gasteiger partial charge >= 0.3 is 5.97 Å². The molecule has 0 saturated heterocycles. The molecule has 0 bridgehead atoms. The van der Waals surface area contributed by atoms with Gasteiger partial charge in [-0.1, -0.05) is 36.4 Å². The van der Waals surface area contributed by atoms with Crippen molar-refractivity contribution in [1.29, 1.82) is 0 Å². The van der Waals surface area contributed by atoms with E-state index in [1.165, 1.54) is 25.1 Å². The number of hydrogen-bond donors (Lipinski definition) is 2. The molecule has 0 radical (unpaired) electrons. The van der Waals surface area contributed by atoms with Crippen LogP contribution >= 0.6 is 0 Å². The molecule has 0 aliphatic heterocycles. The van der Waals surface area contributed by atoms with Crippen molar-refractivity contribution in [3.05, 3.63) is 65.2 Å². The van der Waals surface area contributed by atoms with Crippen LogP contribution in [0.1, 0.15) is 21.5 Å². The molecule has 21 heavy (non-hydrogen) atoms. The van der Waals surface area contributed by atoms with Gasteiger partial charge in [-0.25, -0.2) is 17.9 Å². The van der Waals surface area contributed by atoms with Crippen molar-refractivity contribution in [2.75, 3.05) is 0 Å². The highest BCUT2D eigenvalue weighted by Gasteiger charge is 2.20. The summed E-state index contributed by atoms with van der Waals surface area (Å²) in [6, 6.07) is 13.3. The maximum atomic E-state index is 12.3. The summed E-state index contributed by atoms with van der Waals surface area (Å²) in [5, 5.41) is 9.05. The Morgan fingerprint density at radius 1 is 1.10 bits per heavy atom. The molecule has 0 heterocycles. The van der Waals surface area contributed by atoms with Crippen molar-refractivity contribution in [1.82, 2.24) is 4.72 Å². The van der Waals surface area contributed by atoms with Gasteiger partial charge in [0.05, 0.1) is 10.5 Å². The predicted molar refractivity (Wildman–Crippen MR) is 78.6 cm³/mol. The molecule has 0 amide bonds. The van der Waals surface area contributed by atoms with Gasteiger partial charge in [0.1, 0.15) is 0 Å². The number of hydrogen-bond acceptors (Lipinski definition) is 3. The molecule has 2 rings (SSSR count). The molecule has 0 spiro atoms. The molecule has 110 valence electrons. The molecule has 0 aliphatic carbocycles. The van der Waals surface area contributed by atoms with E-state index in [-0.39, 0.29) is 22.6 Å². The van der Waals surface area contributed by atoms with Gasteiger partial charge in [-0.2, -0.15) is 0 Å². The Morgan fingerprint density at radius 2 is 1.76 bits per heavy atom. The first kappa shape index (κ1) is 15.2. The molecule has 2 aromatic carbocycles. The fourth-order valence-corrected chi connectivity index (χ4v) is 3.27. The lowest BCUT2D eigenvalue weighted by Crippen LogP contribution is -2.24. The van der Waals surface area contributed by atoms with Gasteiger partial charge in [0.15, 0.2) is 0 Å². The highest BCUT2D eigenvalue weighted by Crippen LogP contribution is 2.19. The molecule has 5 nitrogen and oxygen atoms in total. The van der Waals surface area contributed by atoms with Crippen LogP contribution in [0.2, 0.25) is 0 Å². The monoisotopic (exact) mass is 305 g/mol. The fourth-order valence-electron chi connectivity index (χ4n) is 1.99. The third kappa shape index (κ3) is 3.48. The van der Waals surface area contributed by atoms with Gasteiger partial charge in [0.25, 0.3) is 0 Å². The number of nitrogens with one attached hydrogen (secondary N) is 1. The van der Waals surface area contributed by atoms with E-state index < -0.39 is 16.0 Å². The zero-order chi connectivity index (χ0) is 15.5. The molecule has 0 unspecified atom stereocenters. The largest absolute Gasteiger partial charge is 0.478 e. The van der Waals surface area contributed by atoms with Crippen LogP contribution < -0.4 is 4.72 Å². The van der Waals surface area contributed by atoms with Gasteiger partial charge in [0.2, 0.25) is 10.0 Å². The van der Waals surface area contributed by atoms with E-state index >= 15 is 0 Å². The minimum atomic E-state index is -3.76. The molecule has 0 saturated carbocycles. The lowest BCUT2D eigenvalue weighted by atomic mass is 10.1. The molecular formula is C15H15NO4S. The van der Waals surface area contributed by atoms with E-state index in [0.717, 1.165) is 5.56 Å². The Balaban J connectivity index is 2.28. The number of carboxylic acids is 1. The van der Waals surface area contributed by atoms with Crippen LogP contribution in [0.5, 0.6) is 0 Å². The SMILES string of the molecule is Cc1c(C(=O)O)cccc1S(=O)(=O)NCc1ccccc1. The Morgan fingerprint density at radius 3 is 2.38 bits per heavy atom. The number of benzene rings is 2. The number of sulfonamides is 1.